The molecule has 2 rings (SSSR count). The molecule has 0 saturated carbocycles. The van der Waals surface area contributed by atoms with E-state index in [1.54, 1.807) is 12.1 Å². The summed E-state index contributed by atoms with van der Waals surface area (Å²) >= 11 is 0. The van der Waals surface area contributed by atoms with Crippen LogP contribution in [0.2, 0.25) is 0 Å². The van der Waals surface area contributed by atoms with E-state index in [4.69, 9.17) is 5.73 Å². The summed E-state index contributed by atoms with van der Waals surface area (Å²) < 4.78 is 13.1. The molecule has 1 atom stereocenters. The number of nitrogens with zero attached hydrogens (tertiary/aromatic N) is 1. The van der Waals surface area contributed by atoms with Crippen molar-refractivity contribution < 1.29 is 4.39 Å². The molecule has 0 amide bonds. The van der Waals surface area contributed by atoms with Crippen LogP contribution in [-0.2, 0) is 0 Å². The predicted octanol–water partition coefficient (Wildman–Crippen LogP) is 2.31. The van der Waals surface area contributed by atoms with E-state index in [1.807, 2.05) is 6.07 Å². The molecule has 0 aliphatic carbocycles. The van der Waals surface area contributed by atoms with Gasteiger partial charge in [-0.15, -0.1) is 0 Å². The van der Waals surface area contributed by atoms with Gasteiger partial charge in [0.2, 0.25) is 0 Å². The van der Waals surface area contributed by atoms with Crippen molar-refractivity contribution in [1.29, 1.82) is 0 Å². The van der Waals surface area contributed by atoms with Crippen LogP contribution in [0.15, 0.2) is 24.3 Å². The van der Waals surface area contributed by atoms with E-state index in [1.165, 1.54) is 6.07 Å². The van der Waals surface area contributed by atoms with E-state index in [0.29, 0.717) is 6.04 Å². The molecule has 1 aromatic rings. The highest BCUT2D eigenvalue weighted by Gasteiger charge is 2.21. The van der Waals surface area contributed by atoms with Crippen LogP contribution in [0.3, 0.4) is 0 Å². The first-order valence-corrected chi connectivity index (χ1v) is 5.92. The van der Waals surface area contributed by atoms with Gasteiger partial charge in [-0.2, -0.15) is 0 Å². The van der Waals surface area contributed by atoms with Crippen LogP contribution in [-0.4, -0.2) is 24.0 Å². The van der Waals surface area contributed by atoms with Crippen molar-refractivity contribution in [3.8, 4) is 0 Å². The van der Waals surface area contributed by atoms with Crippen LogP contribution in [0.1, 0.15) is 31.4 Å². The van der Waals surface area contributed by atoms with Gasteiger partial charge in [0.15, 0.2) is 0 Å². The first kappa shape index (κ1) is 11.6. The maximum absolute atomic E-state index is 13.1. The van der Waals surface area contributed by atoms with Crippen molar-refractivity contribution in [2.45, 2.75) is 31.8 Å². The molecule has 1 saturated heterocycles. The Labute approximate surface area is 96.2 Å². The van der Waals surface area contributed by atoms with E-state index in [0.717, 1.165) is 31.5 Å². The fraction of sp³-hybridized carbons (Fsp3) is 0.538. The van der Waals surface area contributed by atoms with Gasteiger partial charge in [0.05, 0.1) is 0 Å². The van der Waals surface area contributed by atoms with Crippen molar-refractivity contribution in [3.63, 3.8) is 0 Å². The summed E-state index contributed by atoms with van der Waals surface area (Å²) in [6.07, 6.45) is 2.08. The van der Waals surface area contributed by atoms with Gasteiger partial charge < -0.3 is 5.73 Å². The molecule has 0 bridgehead atoms. The minimum absolute atomic E-state index is 0.155. The van der Waals surface area contributed by atoms with Crippen molar-refractivity contribution >= 4 is 0 Å². The normalized spacial score (nSPS) is 20.9. The standard InChI is InChI=1S/C13H19FN2/c1-10(11-3-2-4-12(14)9-11)16-7-5-13(15)6-8-16/h2-4,9-10,13H,5-8,15H2,1H3/t10-/m1/s1. The number of nitrogens with two attached hydrogens (primary N) is 1. The largest absolute Gasteiger partial charge is 0.328 e. The van der Waals surface area contributed by atoms with Gasteiger partial charge in [0.25, 0.3) is 0 Å². The summed E-state index contributed by atoms with van der Waals surface area (Å²) in [5.41, 5.74) is 6.92. The maximum Gasteiger partial charge on any atom is 0.123 e. The molecule has 0 aromatic heterocycles. The molecule has 0 unspecified atom stereocenters. The third-order valence-corrected chi connectivity index (χ3v) is 3.45. The Kier molecular flexibility index (Phi) is 3.56. The second-order valence-electron chi connectivity index (χ2n) is 4.60. The minimum Gasteiger partial charge on any atom is -0.328 e. The van der Waals surface area contributed by atoms with Crippen LogP contribution in [0.5, 0.6) is 0 Å². The molecule has 1 fully saturated rings. The van der Waals surface area contributed by atoms with Gasteiger partial charge in [-0.3, -0.25) is 4.90 Å². The van der Waals surface area contributed by atoms with Crippen LogP contribution in [0.25, 0.3) is 0 Å². The SMILES string of the molecule is C[C@H](c1cccc(F)c1)N1CCC(N)CC1. The third kappa shape index (κ3) is 2.60. The summed E-state index contributed by atoms with van der Waals surface area (Å²) in [5.74, 6) is -0.155. The average molecular weight is 222 g/mol. The van der Waals surface area contributed by atoms with Crippen LogP contribution in [0, 0.1) is 5.82 Å². The molecule has 1 aliphatic rings. The molecule has 1 aliphatic heterocycles. The summed E-state index contributed by atoms with van der Waals surface area (Å²) in [7, 11) is 0. The van der Waals surface area contributed by atoms with Gasteiger partial charge in [-0.25, -0.2) is 4.39 Å². The lowest BCUT2D eigenvalue weighted by molar-refractivity contribution is 0.163. The molecule has 1 heterocycles. The van der Waals surface area contributed by atoms with E-state index >= 15 is 0 Å². The predicted molar refractivity (Wildman–Crippen MR) is 63.6 cm³/mol. The molecule has 0 radical (unpaired) electrons. The van der Waals surface area contributed by atoms with E-state index < -0.39 is 0 Å². The van der Waals surface area contributed by atoms with Crippen LogP contribution in [0.4, 0.5) is 4.39 Å². The number of hydrogen-bond acceptors (Lipinski definition) is 2. The van der Waals surface area contributed by atoms with Crippen LogP contribution < -0.4 is 5.73 Å². The molecular weight excluding hydrogens is 203 g/mol. The molecule has 2 nitrogen and oxygen atoms in total. The number of piperidine rings is 1. The Morgan fingerprint density at radius 1 is 1.38 bits per heavy atom. The Morgan fingerprint density at radius 2 is 2.06 bits per heavy atom. The fourth-order valence-electron chi connectivity index (χ4n) is 2.28. The minimum atomic E-state index is -0.155. The Morgan fingerprint density at radius 3 is 2.69 bits per heavy atom. The number of benzene rings is 1. The monoisotopic (exact) mass is 222 g/mol. The lowest BCUT2D eigenvalue weighted by Crippen LogP contribution is -2.40. The van der Waals surface area contributed by atoms with Gasteiger partial charge in [-0.1, -0.05) is 12.1 Å². The molecule has 2 N–H and O–H groups in total. The molecule has 16 heavy (non-hydrogen) atoms. The summed E-state index contributed by atoms with van der Waals surface area (Å²) in [4.78, 5) is 2.37. The number of hydrogen-bond donors (Lipinski definition) is 1. The second kappa shape index (κ2) is 4.93. The maximum atomic E-state index is 13.1. The molecule has 88 valence electrons. The molecule has 3 heteroatoms. The second-order valence-corrected chi connectivity index (χ2v) is 4.60. The average Bonchev–Trinajstić information content (AvgIpc) is 2.29. The van der Waals surface area contributed by atoms with Crippen molar-refractivity contribution in [1.82, 2.24) is 4.90 Å². The quantitative estimate of drug-likeness (QED) is 0.832. The topological polar surface area (TPSA) is 29.3 Å². The first-order valence-electron chi connectivity index (χ1n) is 5.92. The van der Waals surface area contributed by atoms with E-state index in [2.05, 4.69) is 11.8 Å². The summed E-state index contributed by atoms with van der Waals surface area (Å²) in [5, 5.41) is 0. The Balaban J connectivity index is 2.04. The fourth-order valence-corrected chi connectivity index (χ4v) is 2.28. The van der Waals surface area contributed by atoms with E-state index in [-0.39, 0.29) is 11.9 Å². The number of rotatable bonds is 2. The first-order chi connectivity index (χ1) is 7.66. The molecule has 1 aromatic carbocycles. The van der Waals surface area contributed by atoms with Crippen molar-refractivity contribution in [2.75, 3.05) is 13.1 Å². The van der Waals surface area contributed by atoms with Crippen LogP contribution >= 0.6 is 0 Å². The summed E-state index contributed by atoms with van der Waals surface area (Å²) in [6, 6.07) is 7.50. The number of likely N-dealkylation sites (tertiary alicyclic amines) is 1. The third-order valence-electron chi connectivity index (χ3n) is 3.45. The number of halogens is 1. The Hall–Kier alpha value is -0.930. The zero-order valence-electron chi connectivity index (χ0n) is 9.70. The zero-order valence-corrected chi connectivity index (χ0v) is 9.70. The Bertz CT molecular complexity index is 346. The van der Waals surface area contributed by atoms with E-state index in [9.17, 15) is 4.39 Å². The van der Waals surface area contributed by atoms with Gasteiger partial charge in [-0.05, 0) is 37.5 Å². The summed E-state index contributed by atoms with van der Waals surface area (Å²) in [6.45, 7) is 4.16. The van der Waals surface area contributed by atoms with Crippen molar-refractivity contribution in [2.24, 2.45) is 5.73 Å². The molecular formula is C13H19FN2. The van der Waals surface area contributed by atoms with Gasteiger partial charge in [0, 0.05) is 25.2 Å². The van der Waals surface area contributed by atoms with Gasteiger partial charge in [0.1, 0.15) is 5.82 Å². The van der Waals surface area contributed by atoms with Gasteiger partial charge >= 0.3 is 0 Å². The zero-order chi connectivity index (χ0) is 11.5. The smallest absolute Gasteiger partial charge is 0.123 e. The highest BCUT2D eigenvalue weighted by molar-refractivity contribution is 5.19. The molecule has 0 spiro atoms. The van der Waals surface area contributed by atoms with Crippen molar-refractivity contribution in [3.05, 3.63) is 35.6 Å². The lowest BCUT2D eigenvalue weighted by atomic mass is 10.0. The highest BCUT2D eigenvalue weighted by Crippen LogP contribution is 2.24. The lowest BCUT2D eigenvalue weighted by Gasteiger charge is -2.35. The highest BCUT2D eigenvalue weighted by atomic mass is 19.1.